The SMILES string of the molecule is CC/C=C\C/C=C\C/C=C\C/C=C\CCCCCCCCC(=O)OCC(COC1OC(C(=O)O)C(O)C(O)C1OC(=O)CCCCCCCC/C=C\C/C=C\C/C=C\CCCCC)OC(=O)CC/C=C\C/C=C\C/C=C\C/C=C\CC. The van der Waals surface area contributed by atoms with Gasteiger partial charge < -0.3 is 39.0 Å². The van der Waals surface area contributed by atoms with Crippen LogP contribution in [0.5, 0.6) is 0 Å². The van der Waals surface area contributed by atoms with E-state index in [1.165, 1.54) is 19.3 Å². The molecule has 0 saturated carbocycles. The fourth-order valence-electron chi connectivity index (χ4n) is 8.50. The molecule has 1 heterocycles. The number of rotatable bonds is 51. The maximum atomic E-state index is 13.1. The molecule has 0 amide bonds. The Balaban J connectivity index is 2.71. The van der Waals surface area contributed by atoms with Crippen molar-refractivity contribution >= 4 is 23.9 Å². The molecule has 456 valence electrons. The van der Waals surface area contributed by atoms with E-state index in [9.17, 15) is 34.5 Å². The van der Waals surface area contributed by atoms with E-state index in [0.29, 0.717) is 25.7 Å². The third kappa shape index (κ3) is 45.1. The van der Waals surface area contributed by atoms with Gasteiger partial charge in [0.05, 0.1) is 6.61 Å². The van der Waals surface area contributed by atoms with Crippen molar-refractivity contribution in [3.63, 3.8) is 0 Å². The zero-order valence-corrected chi connectivity index (χ0v) is 50.2. The molecule has 0 aromatic heterocycles. The quantitative estimate of drug-likeness (QED) is 0.0228. The number of carbonyl (C=O) groups is 4. The molecule has 1 saturated heterocycles. The number of unbranched alkanes of at least 4 members (excludes halogenated alkanes) is 15. The smallest absolute Gasteiger partial charge is 0.335 e. The Bertz CT molecular complexity index is 1920. The summed E-state index contributed by atoms with van der Waals surface area (Å²) in [5, 5.41) is 31.5. The normalized spacial score (nSPS) is 18.7. The largest absolute Gasteiger partial charge is 0.479 e. The number of hydrogen-bond acceptors (Lipinski definition) is 11. The van der Waals surface area contributed by atoms with Crippen LogP contribution in [-0.2, 0) is 42.9 Å². The number of ether oxygens (including phenoxy) is 5. The number of aliphatic hydroxyl groups is 2. The molecule has 0 spiro atoms. The third-order valence-electron chi connectivity index (χ3n) is 13.2. The Morgan fingerprint density at radius 2 is 0.802 bits per heavy atom. The number of carboxylic acids is 1. The lowest BCUT2D eigenvalue weighted by Crippen LogP contribution is -2.61. The van der Waals surface area contributed by atoms with E-state index in [-0.39, 0.29) is 25.9 Å². The van der Waals surface area contributed by atoms with Crippen LogP contribution in [0.3, 0.4) is 0 Å². The molecule has 6 unspecified atom stereocenters. The predicted octanol–water partition coefficient (Wildman–Crippen LogP) is 16.6. The summed E-state index contributed by atoms with van der Waals surface area (Å²) in [7, 11) is 0. The van der Waals surface area contributed by atoms with Gasteiger partial charge in [0.2, 0.25) is 0 Å². The Kier molecular flexibility index (Phi) is 50.5. The first kappa shape index (κ1) is 73.9. The van der Waals surface area contributed by atoms with Gasteiger partial charge in [-0.05, 0) is 122 Å². The van der Waals surface area contributed by atoms with E-state index < -0.39 is 67.3 Å². The fourth-order valence-corrected chi connectivity index (χ4v) is 8.50. The number of carbonyl (C=O) groups excluding carboxylic acids is 3. The summed E-state index contributed by atoms with van der Waals surface area (Å²) in [6.45, 7) is 5.65. The Morgan fingerprint density at radius 3 is 1.23 bits per heavy atom. The van der Waals surface area contributed by atoms with Gasteiger partial charge >= 0.3 is 23.9 Å². The number of allylic oxidation sites excluding steroid dienone is 22. The number of hydrogen-bond donors (Lipinski definition) is 3. The number of carboxylic acid groups (broad SMARTS) is 1. The molecule has 1 aliphatic heterocycles. The number of esters is 3. The van der Waals surface area contributed by atoms with Gasteiger partial charge in [-0.2, -0.15) is 0 Å². The summed E-state index contributed by atoms with van der Waals surface area (Å²) in [5.74, 6) is -3.28. The van der Waals surface area contributed by atoms with Crippen LogP contribution in [0.25, 0.3) is 0 Å². The summed E-state index contributed by atoms with van der Waals surface area (Å²) in [4.78, 5) is 51.2. The maximum absolute atomic E-state index is 13.1. The van der Waals surface area contributed by atoms with Crippen molar-refractivity contribution < 1.29 is 58.2 Å². The molecular weight excluding hydrogens is 1020 g/mol. The Labute approximate surface area is 490 Å². The van der Waals surface area contributed by atoms with Crippen LogP contribution in [0.2, 0.25) is 0 Å². The molecule has 0 bridgehead atoms. The molecule has 1 aliphatic rings. The number of aliphatic carboxylic acids is 1. The molecule has 3 N–H and O–H groups in total. The van der Waals surface area contributed by atoms with Gasteiger partial charge in [0, 0.05) is 19.3 Å². The summed E-state index contributed by atoms with van der Waals surface area (Å²) in [6.07, 6.45) is 65.7. The minimum absolute atomic E-state index is 0.0292. The second-order valence-corrected chi connectivity index (χ2v) is 20.6. The van der Waals surface area contributed by atoms with Crippen LogP contribution >= 0.6 is 0 Å². The lowest BCUT2D eigenvalue weighted by Gasteiger charge is -2.40. The van der Waals surface area contributed by atoms with Crippen molar-refractivity contribution in [2.45, 2.75) is 263 Å². The summed E-state index contributed by atoms with van der Waals surface area (Å²) in [6, 6.07) is 0. The van der Waals surface area contributed by atoms with Gasteiger partial charge in [-0.1, -0.05) is 219 Å². The molecule has 0 aromatic rings. The average molecular weight is 1130 g/mol. The second-order valence-electron chi connectivity index (χ2n) is 20.6. The average Bonchev–Trinajstić information content (AvgIpc) is 3.45. The molecule has 0 radical (unpaired) electrons. The first-order chi connectivity index (χ1) is 39.6. The van der Waals surface area contributed by atoms with E-state index in [4.69, 9.17) is 23.7 Å². The van der Waals surface area contributed by atoms with E-state index in [1.807, 2.05) is 12.2 Å². The first-order valence-corrected chi connectivity index (χ1v) is 31.2. The van der Waals surface area contributed by atoms with Crippen molar-refractivity contribution in [2.75, 3.05) is 13.2 Å². The summed E-state index contributed by atoms with van der Waals surface area (Å²) >= 11 is 0. The van der Waals surface area contributed by atoms with E-state index in [0.717, 1.165) is 141 Å². The molecular formula is C69H108O12. The Hall–Kier alpha value is -5.14. The van der Waals surface area contributed by atoms with Crippen LogP contribution in [0, 0.1) is 0 Å². The predicted molar refractivity (Wildman–Crippen MR) is 330 cm³/mol. The Morgan fingerprint density at radius 1 is 0.420 bits per heavy atom. The summed E-state index contributed by atoms with van der Waals surface area (Å²) < 4.78 is 28.4. The van der Waals surface area contributed by atoms with Crippen LogP contribution in [-0.4, -0.2) is 89.2 Å². The highest BCUT2D eigenvalue weighted by Crippen LogP contribution is 2.26. The van der Waals surface area contributed by atoms with Crippen molar-refractivity contribution in [3.8, 4) is 0 Å². The zero-order chi connectivity index (χ0) is 58.9. The van der Waals surface area contributed by atoms with Crippen molar-refractivity contribution in [1.29, 1.82) is 0 Å². The topological polar surface area (TPSA) is 175 Å². The van der Waals surface area contributed by atoms with Crippen LogP contribution in [0.15, 0.2) is 134 Å². The fraction of sp³-hybridized carbons (Fsp3) is 0.623. The van der Waals surface area contributed by atoms with Crippen LogP contribution < -0.4 is 0 Å². The van der Waals surface area contributed by atoms with Crippen molar-refractivity contribution in [2.24, 2.45) is 0 Å². The highest BCUT2D eigenvalue weighted by atomic mass is 16.7. The molecule has 1 rings (SSSR count). The van der Waals surface area contributed by atoms with Gasteiger partial charge in [0.25, 0.3) is 0 Å². The van der Waals surface area contributed by atoms with Crippen LogP contribution in [0.4, 0.5) is 0 Å². The molecule has 0 aliphatic carbocycles. The van der Waals surface area contributed by atoms with E-state index in [1.54, 1.807) is 0 Å². The summed E-state index contributed by atoms with van der Waals surface area (Å²) in [5.41, 5.74) is 0. The van der Waals surface area contributed by atoms with E-state index in [2.05, 4.69) is 142 Å². The van der Waals surface area contributed by atoms with Crippen LogP contribution in [0.1, 0.15) is 226 Å². The monoisotopic (exact) mass is 1130 g/mol. The standard InChI is InChI=1S/C69H108O12/c1-4-7-10-13-16-19-22-25-27-29-31-33-35-38-40-43-46-49-52-55-61(70)77-58-60(79-62(71)56-53-50-47-44-41-37-24-21-18-15-12-9-6-3)59-78-69-67(65(74)64(73)66(81-69)68(75)76)80-63(72)57-54-51-48-45-42-39-36-34-32-30-28-26-23-20-17-14-11-8-5-2/h7,9-10,12,16-21,25-28,31-34,37,41,47,50,60,64-67,69,73-74H,4-6,8,11,13-15,22-24,29-30,35-36,38-40,42-46,48-49,51-59H2,1-3H3,(H,75,76)/b10-7-,12-9-,19-16-,20-17-,21-18-,27-25-,28-26-,33-31-,34-32-,41-37-,50-47-. The number of aliphatic hydroxyl groups excluding tert-OH is 2. The van der Waals surface area contributed by atoms with Gasteiger partial charge in [0.15, 0.2) is 24.6 Å². The molecule has 6 atom stereocenters. The van der Waals surface area contributed by atoms with Crippen molar-refractivity contribution in [3.05, 3.63) is 134 Å². The highest BCUT2D eigenvalue weighted by Gasteiger charge is 2.50. The van der Waals surface area contributed by atoms with E-state index >= 15 is 0 Å². The van der Waals surface area contributed by atoms with Gasteiger partial charge in [-0.15, -0.1) is 0 Å². The molecule has 81 heavy (non-hydrogen) atoms. The third-order valence-corrected chi connectivity index (χ3v) is 13.2. The maximum Gasteiger partial charge on any atom is 0.335 e. The first-order valence-electron chi connectivity index (χ1n) is 31.2. The molecule has 12 nitrogen and oxygen atoms in total. The lowest BCUT2D eigenvalue weighted by atomic mass is 9.98. The molecule has 0 aromatic carbocycles. The van der Waals surface area contributed by atoms with Gasteiger partial charge in [-0.25, -0.2) is 4.79 Å². The van der Waals surface area contributed by atoms with Gasteiger partial charge in [-0.3, -0.25) is 14.4 Å². The molecule has 12 heteroatoms. The van der Waals surface area contributed by atoms with Crippen molar-refractivity contribution in [1.82, 2.24) is 0 Å². The minimum atomic E-state index is -1.93. The second kappa shape index (κ2) is 55.4. The zero-order valence-electron chi connectivity index (χ0n) is 50.2. The molecule has 1 fully saturated rings. The minimum Gasteiger partial charge on any atom is -0.479 e. The van der Waals surface area contributed by atoms with Gasteiger partial charge in [0.1, 0.15) is 18.8 Å². The highest BCUT2D eigenvalue weighted by molar-refractivity contribution is 5.74. The lowest BCUT2D eigenvalue weighted by molar-refractivity contribution is -0.301.